The quantitative estimate of drug-likeness (QED) is 0.848. The molecule has 0 spiro atoms. The normalized spacial score (nSPS) is 13.9. The van der Waals surface area contributed by atoms with Crippen molar-refractivity contribution in [3.63, 3.8) is 0 Å². The summed E-state index contributed by atoms with van der Waals surface area (Å²) in [7, 11) is 0. The lowest BCUT2D eigenvalue weighted by Gasteiger charge is -2.30. The van der Waals surface area contributed by atoms with Crippen LogP contribution in [0, 0.1) is 5.82 Å². The van der Waals surface area contributed by atoms with Gasteiger partial charge < -0.3 is 10.0 Å². The average molecular weight is 350 g/mol. The highest BCUT2D eigenvalue weighted by molar-refractivity contribution is 9.10. The second kappa shape index (κ2) is 5.48. The molecular weight excluding hydrogens is 337 g/mol. The molecule has 3 nitrogen and oxygen atoms in total. The van der Waals surface area contributed by atoms with Crippen molar-refractivity contribution in [3.05, 3.63) is 57.8 Å². The van der Waals surface area contributed by atoms with Gasteiger partial charge in [-0.2, -0.15) is 0 Å². The zero-order valence-electron chi connectivity index (χ0n) is 11.1. The summed E-state index contributed by atoms with van der Waals surface area (Å²) in [4.78, 5) is 14.1. The van der Waals surface area contributed by atoms with E-state index >= 15 is 0 Å². The first-order valence-corrected chi connectivity index (χ1v) is 7.45. The zero-order chi connectivity index (χ0) is 15.0. The van der Waals surface area contributed by atoms with E-state index in [-0.39, 0.29) is 17.2 Å². The lowest BCUT2D eigenvalue weighted by atomic mass is 10.00. The maximum absolute atomic E-state index is 13.6. The second-order valence-corrected chi connectivity index (χ2v) is 5.83. The van der Waals surface area contributed by atoms with Gasteiger partial charge in [0.15, 0.2) is 0 Å². The van der Waals surface area contributed by atoms with Gasteiger partial charge >= 0.3 is 0 Å². The van der Waals surface area contributed by atoms with Crippen LogP contribution in [0.4, 0.5) is 10.1 Å². The number of para-hydroxylation sites is 1. The first-order valence-electron chi connectivity index (χ1n) is 6.65. The molecule has 21 heavy (non-hydrogen) atoms. The molecule has 2 aromatic rings. The molecule has 0 aliphatic carbocycles. The summed E-state index contributed by atoms with van der Waals surface area (Å²) in [6.45, 7) is 0.515. The molecular formula is C16H13BrFNO2. The van der Waals surface area contributed by atoms with Gasteiger partial charge in [0, 0.05) is 12.1 Å². The highest BCUT2D eigenvalue weighted by Crippen LogP contribution is 2.36. The number of anilines is 1. The van der Waals surface area contributed by atoms with E-state index < -0.39 is 5.82 Å². The molecule has 0 bridgehead atoms. The third-order valence-electron chi connectivity index (χ3n) is 3.61. The molecule has 0 unspecified atom stereocenters. The van der Waals surface area contributed by atoms with Gasteiger partial charge in [-0.15, -0.1) is 0 Å². The number of phenols is 1. The Balaban J connectivity index is 2.02. The third kappa shape index (κ3) is 2.53. The number of fused-ring (bicyclic) bond motifs is 1. The monoisotopic (exact) mass is 349 g/mol. The maximum atomic E-state index is 13.6. The molecule has 0 atom stereocenters. The van der Waals surface area contributed by atoms with Crippen molar-refractivity contribution in [1.82, 2.24) is 0 Å². The van der Waals surface area contributed by atoms with Crippen molar-refractivity contribution in [1.29, 1.82) is 0 Å². The molecule has 0 saturated carbocycles. The van der Waals surface area contributed by atoms with Gasteiger partial charge in [-0.3, -0.25) is 4.79 Å². The van der Waals surface area contributed by atoms with Crippen molar-refractivity contribution >= 4 is 27.5 Å². The zero-order valence-corrected chi connectivity index (χ0v) is 12.7. The molecule has 2 aromatic carbocycles. The summed E-state index contributed by atoms with van der Waals surface area (Å²) in [5, 5.41) is 10.0. The summed E-state index contributed by atoms with van der Waals surface area (Å²) < 4.78 is 13.9. The van der Waals surface area contributed by atoms with Gasteiger partial charge in [-0.05, 0) is 58.6 Å². The molecule has 0 saturated heterocycles. The molecule has 0 fully saturated rings. The summed E-state index contributed by atoms with van der Waals surface area (Å²) in [5.41, 5.74) is 1.75. The first kappa shape index (κ1) is 14.1. The molecule has 3 rings (SSSR count). The van der Waals surface area contributed by atoms with Gasteiger partial charge in [-0.1, -0.05) is 12.1 Å². The van der Waals surface area contributed by atoms with Crippen LogP contribution in [-0.2, 0) is 6.42 Å². The van der Waals surface area contributed by atoms with E-state index in [0.717, 1.165) is 18.4 Å². The van der Waals surface area contributed by atoms with E-state index in [1.54, 1.807) is 18.2 Å². The fourth-order valence-corrected chi connectivity index (χ4v) is 2.87. The number of amides is 1. The fourth-order valence-electron chi connectivity index (χ4n) is 2.62. The first-order chi connectivity index (χ1) is 10.1. The number of aryl methyl sites for hydroxylation is 1. The number of halogens is 2. The van der Waals surface area contributed by atoms with Crippen LogP contribution in [-0.4, -0.2) is 17.6 Å². The Kier molecular flexibility index (Phi) is 3.68. The van der Waals surface area contributed by atoms with E-state index in [2.05, 4.69) is 15.9 Å². The molecule has 1 heterocycles. The number of hydrogen-bond donors (Lipinski definition) is 1. The van der Waals surface area contributed by atoms with Crippen molar-refractivity contribution in [2.45, 2.75) is 12.8 Å². The number of aromatic hydroxyl groups is 1. The smallest absolute Gasteiger partial charge is 0.258 e. The van der Waals surface area contributed by atoms with E-state index in [4.69, 9.17) is 0 Å². The average Bonchev–Trinajstić information content (AvgIpc) is 2.49. The van der Waals surface area contributed by atoms with E-state index in [9.17, 15) is 14.3 Å². The third-order valence-corrected chi connectivity index (χ3v) is 4.25. The predicted octanol–water partition coefficient (Wildman–Crippen LogP) is 3.89. The van der Waals surface area contributed by atoms with Crippen molar-refractivity contribution in [2.75, 3.05) is 11.4 Å². The fraction of sp³-hybridized carbons (Fsp3) is 0.188. The number of carbonyl (C=O) groups excluding carboxylic acids is 1. The number of benzene rings is 2. The lowest BCUT2D eigenvalue weighted by molar-refractivity contribution is 0.0984. The van der Waals surface area contributed by atoms with Gasteiger partial charge in [0.1, 0.15) is 11.6 Å². The molecule has 1 aliphatic heterocycles. The van der Waals surface area contributed by atoms with Gasteiger partial charge in [-0.25, -0.2) is 4.39 Å². The Morgan fingerprint density at radius 3 is 2.86 bits per heavy atom. The number of phenolic OH excluding ortho intramolecular Hbond substituents is 1. The molecule has 1 aliphatic rings. The highest BCUT2D eigenvalue weighted by Gasteiger charge is 2.26. The van der Waals surface area contributed by atoms with E-state index in [0.29, 0.717) is 16.7 Å². The standard InChI is InChI=1S/C16H13BrFNO2/c17-12-7-6-11(9-13(12)18)16(21)19-8-2-4-10-3-1-5-14(20)15(10)19/h1,3,5-7,9,20H,2,4,8H2. The van der Waals surface area contributed by atoms with Crippen LogP contribution in [0.3, 0.4) is 0 Å². The summed E-state index contributed by atoms with van der Waals surface area (Å²) in [6, 6.07) is 9.52. The molecule has 1 N–H and O–H groups in total. The summed E-state index contributed by atoms with van der Waals surface area (Å²) in [6.07, 6.45) is 1.64. The van der Waals surface area contributed by atoms with Crippen LogP contribution in [0.1, 0.15) is 22.3 Å². The molecule has 5 heteroatoms. The van der Waals surface area contributed by atoms with Crippen molar-refractivity contribution in [3.8, 4) is 5.75 Å². The largest absolute Gasteiger partial charge is 0.506 e. The maximum Gasteiger partial charge on any atom is 0.258 e. The van der Waals surface area contributed by atoms with Crippen LogP contribution >= 0.6 is 15.9 Å². The summed E-state index contributed by atoms with van der Waals surface area (Å²) in [5.74, 6) is -0.697. The number of nitrogens with zero attached hydrogens (tertiary/aromatic N) is 1. The Bertz CT molecular complexity index is 717. The minimum atomic E-state index is -0.477. The minimum Gasteiger partial charge on any atom is -0.506 e. The van der Waals surface area contributed by atoms with E-state index in [1.807, 2.05) is 6.07 Å². The van der Waals surface area contributed by atoms with E-state index in [1.165, 1.54) is 17.0 Å². The van der Waals surface area contributed by atoms with Crippen LogP contribution in [0.25, 0.3) is 0 Å². The van der Waals surface area contributed by atoms with Gasteiger partial charge in [0.05, 0.1) is 10.2 Å². The number of carbonyl (C=O) groups is 1. The molecule has 0 radical (unpaired) electrons. The molecule has 1 amide bonds. The Morgan fingerprint density at radius 2 is 2.10 bits per heavy atom. The van der Waals surface area contributed by atoms with Crippen LogP contribution in [0.5, 0.6) is 5.75 Å². The van der Waals surface area contributed by atoms with Crippen LogP contribution in [0.2, 0.25) is 0 Å². The Morgan fingerprint density at radius 1 is 1.29 bits per heavy atom. The predicted molar refractivity (Wildman–Crippen MR) is 82.2 cm³/mol. The van der Waals surface area contributed by atoms with Crippen molar-refractivity contribution in [2.24, 2.45) is 0 Å². The van der Waals surface area contributed by atoms with Crippen LogP contribution in [0.15, 0.2) is 40.9 Å². The minimum absolute atomic E-state index is 0.0816. The summed E-state index contributed by atoms with van der Waals surface area (Å²) >= 11 is 3.07. The molecule has 108 valence electrons. The van der Waals surface area contributed by atoms with Gasteiger partial charge in [0.2, 0.25) is 0 Å². The number of rotatable bonds is 1. The highest BCUT2D eigenvalue weighted by atomic mass is 79.9. The topological polar surface area (TPSA) is 40.5 Å². The SMILES string of the molecule is O=C(c1ccc(Br)c(F)c1)N1CCCc2cccc(O)c21. The Hall–Kier alpha value is -1.88. The molecule has 0 aromatic heterocycles. The Labute approximate surface area is 130 Å². The lowest BCUT2D eigenvalue weighted by Crippen LogP contribution is -2.35. The van der Waals surface area contributed by atoms with Crippen molar-refractivity contribution < 1.29 is 14.3 Å². The second-order valence-electron chi connectivity index (χ2n) is 4.97. The van der Waals surface area contributed by atoms with Gasteiger partial charge in [0.25, 0.3) is 5.91 Å². The number of hydrogen-bond acceptors (Lipinski definition) is 2. The van der Waals surface area contributed by atoms with Crippen LogP contribution < -0.4 is 4.90 Å².